The van der Waals surface area contributed by atoms with E-state index in [0.717, 1.165) is 49.4 Å². The van der Waals surface area contributed by atoms with Crippen LogP contribution in [0.1, 0.15) is 49.5 Å². The second-order valence-electron chi connectivity index (χ2n) is 7.93. The van der Waals surface area contributed by atoms with Gasteiger partial charge in [-0.3, -0.25) is 4.79 Å². The van der Waals surface area contributed by atoms with Crippen molar-refractivity contribution in [2.75, 3.05) is 29.9 Å². The van der Waals surface area contributed by atoms with Gasteiger partial charge in [0.25, 0.3) is 5.91 Å². The van der Waals surface area contributed by atoms with Crippen LogP contribution in [0.25, 0.3) is 0 Å². The fourth-order valence-corrected chi connectivity index (χ4v) is 3.82. The molecule has 2 N–H and O–H groups in total. The number of nitrogens with zero attached hydrogens (tertiary/aromatic N) is 2. The van der Waals surface area contributed by atoms with Gasteiger partial charge < -0.3 is 20.4 Å². The van der Waals surface area contributed by atoms with E-state index in [1.165, 1.54) is 0 Å². The Morgan fingerprint density at radius 3 is 2.40 bits per heavy atom. The van der Waals surface area contributed by atoms with E-state index in [1.807, 2.05) is 53.4 Å². The lowest BCUT2D eigenvalue weighted by atomic mass is 10.1. The van der Waals surface area contributed by atoms with E-state index in [9.17, 15) is 9.59 Å². The van der Waals surface area contributed by atoms with E-state index in [0.29, 0.717) is 18.2 Å². The monoisotopic (exact) mass is 408 g/mol. The van der Waals surface area contributed by atoms with Crippen LogP contribution in [0.2, 0.25) is 0 Å². The summed E-state index contributed by atoms with van der Waals surface area (Å²) >= 11 is 0. The fourth-order valence-electron chi connectivity index (χ4n) is 3.82. The van der Waals surface area contributed by atoms with Crippen molar-refractivity contribution in [1.29, 1.82) is 0 Å². The second kappa shape index (κ2) is 10.1. The molecule has 0 saturated carbocycles. The third kappa shape index (κ3) is 5.53. The predicted molar refractivity (Wildman–Crippen MR) is 122 cm³/mol. The van der Waals surface area contributed by atoms with Gasteiger partial charge in [0.05, 0.1) is 0 Å². The molecule has 0 spiro atoms. The molecule has 0 aromatic heterocycles. The predicted octanol–water partition coefficient (Wildman–Crippen LogP) is 4.48. The zero-order valence-corrected chi connectivity index (χ0v) is 18.1. The quantitative estimate of drug-likeness (QED) is 0.710. The number of hydrogen-bond acceptors (Lipinski definition) is 3. The number of carbonyl (C=O) groups is 2. The van der Waals surface area contributed by atoms with E-state index >= 15 is 0 Å². The summed E-state index contributed by atoms with van der Waals surface area (Å²) in [6, 6.07) is 15.7. The second-order valence-corrected chi connectivity index (χ2v) is 7.93. The summed E-state index contributed by atoms with van der Waals surface area (Å²) in [4.78, 5) is 28.9. The Balaban J connectivity index is 1.56. The summed E-state index contributed by atoms with van der Waals surface area (Å²) in [6.45, 7) is 9.40. The number of likely N-dealkylation sites (tertiary alicyclic amines) is 1. The molecule has 30 heavy (non-hydrogen) atoms. The van der Waals surface area contributed by atoms with E-state index in [1.54, 1.807) is 0 Å². The van der Waals surface area contributed by atoms with Crippen molar-refractivity contribution in [2.24, 2.45) is 0 Å². The van der Waals surface area contributed by atoms with Crippen LogP contribution in [-0.4, -0.2) is 42.5 Å². The third-order valence-corrected chi connectivity index (χ3v) is 5.45. The Labute approximate surface area is 179 Å². The molecule has 2 aromatic carbocycles. The maximum atomic E-state index is 12.5. The summed E-state index contributed by atoms with van der Waals surface area (Å²) in [6.07, 6.45) is 2.13. The van der Waals surface area contributed by atoms with Gasteiger partial charge in [-0.25, -0.2) is 4.79 Å². The molecule has 1 fully saturated rings. The van der Waals surface area contributed by atoms with Crippen LogP contribution in [-0.2, 0) is 6.54 Å². The SMILES string of the molecule is CCN(c1ccc(C(=O)NCc2cccc(NC(=O)N3CCCC3)c2)cc1)C(C)C. The summed E-state index contributed by atoms with van der Waals surface area (Å²) in [5.74, 6) is -0.111. The highest BCUT2D eigenvalue weighted by atomic mass is 16.2. The molecule has 3 rings (SSSR count). The first-order valence-electron chi connectivity index (χ1n) is 10.8. The number of nitrogens with one attached hydrogen (secondary N) is 2. The van der Waals surface area contributed by atoms with Gasteiger partial charge in [0.2, 0.25) is 0 Å². The number of rotatable bonds is 7. The molecular weight excluding hydrogens is 376 g/mol. The van der Waals surface area contributed by atoms with E-state index in [-0.39, 0.29) is 11.9 Å². The zero-order chi connectivity index (χ0) is 21.5. The van der Waals surface area contributed by atoms with E-state index in [4.69, 9.17) is 0 Å². The van der Waals surface area contributed by atoms with E-state index < -0.39 is 0 Å². The van der Waals surface area contributed by atoms with Gasteiger partial charge >= 0.3 is 6.03 Å². The van der Waals surface area contributed by atoms with Gasteiger partial charge in [0.1, 0.15) is 0 Å². The molecule has 0 bridgehead atoms. The standard InChI is InChI=1S/C24H32N4O2/c1-4-28(18(2)3)22-12-10-20(11-13-22)23(29)25-17-19-8-7-9-21(16-19)26-24(30)27-14-5-6-15-27/h7-13,16,18H,4-6,14-15,17H2,1-3H3,(H,25,29)(H,26,30). The molecule has 1 aliphatic heterocycles. The van der Waals surface area contributed by atoms with Gasteiger partial charge in [0.15, 0.2) is 0 Å². The minimum atomic E-state index is -0.111. The number of amides is 3. The van der Waals surface area contributed by atoms with Crippen LogP contribution in [0.5, 0.6) is 0 Å². The van der Waals surface area contributed by atoms with Crippen molar-refractivity contribution < 1.29 is 9.59 Å². The first kappa shape index (κ1) is 21.7. The number of anilines is 2. The van der Waals surface area contributed by atoms with E-state index in [2.05, 4.69) is 36.3 Å². The summed E-state index contributed by atoms with van der Waals surface area (Å²) in [5, 5.41) is 5.91. The Kier molecular flexibility index (Phi) is 7.33. The molecule has 160 valence electrons. The molecule has 6 nitrogen and oxygen atoms in total. The summed E-state index contributed by atoms with van der Waals surface area (Å²) < 4.78 is 0. The smallest absolute Gasteiger partial charge is 0.321 e. The highest BCUT2D eigenvalue weighted by Gasteiger charge is 2.17. The molecule has 0 unspecified atom stereocenters. The van der Waals surface area contributed by atoms with Gasteiger partial charge in [-0.15, -0.1) is 0 Å². The molecule has 0 atom stereocenters. The van der Waals surface area contributed by atoms with Gasteiger partial charge in [-0.05, 0) is 75.6 Å². The molecule has 1 aliphatic rings. The molecule has 1 heterocycles. The average Bonchev–Trinajstić information content (AvgIpc) is 3.28. The Morgan fingerprint density at radius 1 is 1.07 bits per heavy atom. The van der Waals surface area contributed by atoms with Crippen LogP contribution >= 0.6 is 0 Å². The van der Waals surface area contributed by atoms with Crippen molar-refractivity contribution in [2.45, 2.75) is 46.2 Å². The Hall–Kier alpha value is -3.02. The first-order chi connectivity index (χ1) is 14.5. The normalized spacial score (nSPS) is 13.4. The lowest BCUT2D eigenvalue weighted by molar-refractivity contribution is 0.0951. The maximum Gasteiger partial charge on any atom is 0.321 e. The van der Waals surface area contributed by atoms with Crippen molar-refractivity contribution in [3.63, 3.8) is 0 Å². The van der Waals surface area contributed by atoms with Crippen LogP contribution in [0.15, 0.2) is 48.5 Å². The van der Waals surface area contributed by atoms with Gasteiger partial charge in [0, 0.05) is 49.2 Å². The Morgan fingerprint density at radius 2 is 1.77 bits per heavy atom. The number of urea groups is 1. The Bertz CT molecular complexity index is 858. The van der Waals surface area contributed by atoms with Crippen molar-refractivity contribution >= 4 is 23.3 Å². The van der Waals surface area contributed by atoms with Crippen LogP contribution in [0, 0.1) is 0 Å². The average molecular weight is 409 g/mol. The number of benzene rings is 2. The number of carbonyl (C=O) groups excluding carboxylic acids is 2. The summed E-state index contributed by atoms with van der Waals surface area (Å²) in [5.41, 5.74) is 3.44. The molecule has 6 heteroatoms. The third-order valence-electron chi connectivity index (χ3n) is 5.45. The molecule has 1 saturated heterocycles. The van der Waals surface area contributed by atoms with Crippen LogP contribution in [0.4, 0.5) is 16.2 Å². The largest absolute Gasteiger partial charge is 0.369 e. The fraction of sp³-hybridized carbons (Fsp3) is 0.417. The van der Waals surface area contributed by atoms with Gasteiger partial charge in [-0.1, -0.05) is 12.1 Å². The highest BCUT2D eigenvalue weighted by molar-refractivity contribution is 5.94. The maximum absolute atomic E-state index is 12.5. The molecule has 3 amide bonds. The minimum Gasteiger partial charge on any atom is -0.369 e. The van der Waals surface area contributed by atoms with Crippen molar-refractivity contribution in [3.05, 3.63) is 59.7 Å². The zero-order valence-electron chi connectivity index (χ0n) is 18.1. The lowest BCUT2D eigenvalue weighted by Gasteiger charge is -2.27. The molecule has 2 aromatic rings. The van der Waals surface area contributed by atoms with Crippen molar-refractivity contribution in [3.8, 4) is 0 Å². The molecule has 0 radical (unpaired) electrons. The molecular formula is C24H32N4O2. The van der Waals surface area contributed by atoms with Crippen LogP contribution in [0.3, 0.4) is 0 Å². The topological polar surface area (TPSA) is 64.7 Å². The molecule has 0 aliphatic carbocycles. The van der Waals surface area contributed by atoms with Crippen LogP contribution < -0.4 is 15.5 Å². The number of hydrogen-bond donors (Lipinski definition) is 2. The van der Waals surface area contributed by atoms with Gasteiger partial charge in [-0.2, -0.15) is 0 Å². The minimum absolute atomic E-state index is 0.0590. The first-order valence-corrected chi connectivity index (χ1v) is 10.8. The lowest BCUT2D eigenvalue weighted by Crippen LogP contribution is -2.32. The van der Waals surface area contributed by atoms with Crippen molar-refractivity contribution in [1.82, 2.24) is 10.2 Å². The highest BCUT2D eigenvalue weighted by Crippen LogP contribution is 2.18. The summed E-state index contributed by atoms with van der Waals surface area (Å²) in [7, 11) is 0.